The van der Waals surface area contributed by atoms with Crippen molar-refractivity contribution in [1.29, 1.82) is 0 Å². The average Bonchev–Trinajstić information content (AvgIpc) is 3.60. The van der Waals surface area contributed by atoms with E-state index in [0.29, 0.717) is 72.6 Å². The molecule has 1 aromatic heterocycles. The van der Waals surface area contributed by atoms with E-state index < -0.39 is 23.4 Å². The van der Waals surface area contributed by atoms with Crippen molar-refractivity contribution in [1.82, 2.24) is 20.1 Å². The molecule has 0 bridgehead atoms. The van der Waals surface area contributed by atoms with E-state index in [9.17, 15) is 19.1 Å². The Morgan fingerprint density at radius 2 is 2.12 bits per heavy atom. The summed E-state index contributed by atoms with van der Waals surface area (Å²) in [6, 6.07) is 4.03. The molecule has 1 aromatic carbocycles. The van der Waals surface area contributed by atoms with Crippen LogP contribution in [0.25, 0.3) is 0 Å². The molecule has 0 saturated carbocycles. The number of carbonyl (C=O) groups is 2. The molecular weight excluding hydrogens is 549 g/mol. The third kappa shape index (κ3) is 6.06. The van der Waals surface area contributed by atoms with Gasteiger partial charge in [0.1, 0.15) is 11.9 Å². The number of aliphatic carboxylic acids is 1. The molecule has 2 N–H and O–H groups in total. The molecule has 0 spiro atoms. The van der Waals surface area contributed by atoms with Gasteiger partial charge >= 0.3 is 11.9 Å². The molecule has 3 atom stereocenters. The maximum atomic E-state index is 14.7. The summed E-state index contributed by atoms with van der Waals surface area (Å²) < 4.78 is 26.3. The first-order valence-corrected chi connectivity index (χ1v) is 14.7. The molecule has 0 aliphatic carbocycles. The van der Waals surface area contributed by atoms with Crippen molar-refractivity contribution in [3.63, 3.8) is 0 Å². The summed E-state index contributed by atoms with van der Waals surface area (Å²) in [5, 5.41) is 15.5. The fraction of sp³-hybridized carbons (Fsp3) is 0.517. The minimum Gasteiger partial charge on any atom is -0.481 e. The zero-order valence-corrected chi connectivity index (χ0v) is 24.5. The Kier molecular flexibility index (Phi) is 8.55. The number of hydrogen-bond donors (Lipinski definition) is 2. The molecule has 4 heterocycles. The zero-order valence-electron chi connectivity index (χ0n) is 23.7. The summed E-state index contributed by atoms with van der Waals surface area (Å²) >= 11 is 1.42. The van der Waals surface area contributed by atoms with Crippen LogP contribution in [0.5, 0.6) is 0 Å². The number of hydrogen-bond acceptors (Lipinski definition) is 10. The van der Waals surface area contributed by atoms with Gasteiger partial charge < -0.3 is 19.9 Å². The van der Waals surface area contributed by atoms with Crippen LogP contribution in [0.1, 0.15) is 42.9 Å². The van der Waals surface area contributed by atoms with E-state index in [1.54, 1.807) is 46.0 Å². The van der Waals surface area contributed by atoms with E-state index in [1.165, 1.54) is 17.4 Å². The maximum absolute atomic E-state index is 14.7. The van der Waals surface area contributed by atoms with Crippen molar-refractivity contribution >= 4 is 29.1 Å². The fourth-order valence-electron chi connectivity index (χ4n) is 5.75. The summed E-state index contributed by atoms with van der Waals surface area (Å²) in [5.74, 6) is -1.21. The topological polar surface area (TPSA) is 117 Å². The second-order valence-corrected chi connectivity index (χ2v) is 12.1. The van der Waals surface area contributed by atoms with E-state index in [0.717, 1.165) is 0 Å². The van der Waals surface area contributed by atoms with Gasteiger partial charge in [-0.2, -0.15) is 0 Å². The van der Waals surface area contributed by atoms with Crippen LogP contribution in [0.3, 0.4) is 0 Å². The lowest BCUT2D eigenvalue weighted by Crippen LogP contribution is -2.53. The van der Waals surface area contributed by atoms with Gasteiger partial charge in [-0.3, -0.25) is 19.6 Å². The normalized spacial score (nSPS) is 23.6. The Labute approximate surface area is 242 Å². The van der Waals surface area contributed by atoms with Crippen LogP contribution >= 0.6 is 11.3 Å². The highest BCUT2D eigenvalue weighted by Gasteiger charge is 2.44. The summed E-state index contributed by atoms with van der Waals surface area (Å²) in [5.41, 5.74) is 1.08. The smallest absolute Gasteiger partial charge is 0.338 e. The van der Waals surface area contributed by atoms with Crippen LogP contribution < -0.4 is 5.32 Å². The first-order chi connectivity index (χ1) is 19.6. The minimum atomic E-state index is -0.891. The van der Waals surface area contributed by atoms with E-state index in [2.05, 4.69) is 20.1 Å². The number of aliphatic imine (C=N–C) groups is 1. The Balaban J connectivity index is 1.51. The number of nitrogens with one attached hydrogen (secondary N) is 1. The molecule has 12 heteroatoms. The van der Waals surface area contributed by atoms with Gasteiger partial charge in [0.15, 0.2) is 10.8 Å². The number of aromatic nitrogens is 1. The third-order valence-corrected chi connectivity index (χ3v) is 8.69. The number of fused-ring (bicyclic) bond motifs is 1. The Hall–Kier alpha value is -3.19. The van der Waals surface area contributed by atoms with E-state index in [1.807, 2.05) is 5.38 Å². The molecule has 0 radical (unpaired) electrons. The number of benzene rings is 1. The van der Waals surface area contributed by atoms with Crippen LogP contribution in [0.4, 0.5) is 4.39 Å². The predicted molar refractivity (Wildman–Crippen MR) is 152 cm³/mol. The van der Waals surface area contributed by atoms with E-state index in [4.69, 9.17) is 14.5 Å². The number of ether oxygens (including phenoxy) is 2. The first kappa shape index (κ1) is 29.3. The highest BCUT2D eigenvalue weighted by molar-refractivity contribution is 7.11. The number of halogens is 1. The quantitative estimate of drug-likeness (QED) is 0.429. The number of thiazole rings is 1. The molecule has 2 saturated heterocycles. The maximum Gasteiger partial charge on any atom is 0.338 e. The molecular formula is C29H36FN5O5S. The van der Waals surface area contributed by atoms with Gasteiger partial charge in [-0.05, 0) is 44.9 Å². The predicted octanol–water partition coefficient (Wildman–Crippen LogP) is 2.99. The summed E-state index contributed by atoms with van der Waals surface area (Å²) in [4.78, 5) is 39.0. The third-order valence-electron chi connectivity index (χ3n) is 7.91. The number of carboxylic acids is 1. The van der Waals surface area contributed by atoms with Crippen molar-refractivity contribution in [3.05, 3.63) is 63.0 Å². The molecule has 3 aliphatic heterocycles. The number of amidine groups is 1. The van der Waals surface area contributed by atoms with Gasteiger partial charge in [0, 0.05) is 50.0 Å². The lowest BCUT2D eigenvalue weighted by Gasteiger charge is -2.39. The summed E-state index contributed by atoms with van der Waals surface area (Å²) in [7, 11) is 0. The van der Waals surface area contributed by atoms with E-state index in [-0.39, 0.29) is 24.6 Å². The number of esters is 1. The standard InChI is InChI=1S/C29H36FN5O5S/c1-5-39-27(36)23-20(13-35-10-11-40-22-15-34(14-21(22)35)16-29(3,4)28(37)38)32-25(26-31-9-12-41-26)33-24(23)18-7-6-8-19(30)17(18)2/h6-9,12,21-22,24H,5,10-11,13-16H2,1-4H3,(H,32,33)(H,37,38). The van der Waals surface area contributed by atoms with Gasteiger partial charge in [0.2, 0.25) is 0 Å². The molecule has 2 fully saturated rings. The number of carbonyl (C=O) groups excluding carboxylic acids is 1. The lowest BCUT2D eigenvalue weighted by atomic mass is 9.92. The highest BCUT2D eigenvalue weighted by atomic mass is 32.1. The number of rotatable bonds is 9. The molecule has 5 rings (SSSR count). The largest absolute Gasteiger partial charge is 0.481 e. The number of likely N-dealkylation sites (tertiary alicyclic amines) is 1. The summed E-state index contributed by atoms with van der Waals surface area (Å²) in [6.45, 7) is 10.3. The van der Waals surface area contributed by atoms with Gasteiger partial charge in [0.25, 0.3) is 0 Å². The monoisotopic (exact) mass is 585 g/mol. The van der Waals surface area contributed by atoms with Crippen LogP contribution in [0, 0.1) is 18.2 Å². The molecule has 3 unspecified atom stereocenters. The highest BCUT2D eigenvalue weighted by Crippen LogP contribution is 2.36. The molecule has 10 nitrogen and oxygen atoms in total. The fourth-order valence-corrected chi connectivity index (χ4v) is 6.34. The Bertz CT molecular complexity index is 1360. The van der Waals surface area contributed by atoms with Crippen LogP contribution in [0.2, 0.25) is 0 Å². The second-order valence-electron chi connectivity index (χ2n) is 11.2. The van der Waals surface area contributed by atoms with Crippen molar-refractivity contribution in [2.24, 2.45) is 10.4 Å². The first-order valence-electron chi connectivity index (χ1n) is 13.8. The van der Waals surface area contributed by atoms with Gasteiger partial charge in [-0.25, -0.2) is 14.2 Å². The van der Waals surface area contributed by atoms with Crippen molar-refractivity contribution in [2.75, 3.05) is 45.9 Å². The Morgan fingerprint density at radius 3 is 2.83 bits per heavy atom. The average molecular weight is 586 g/mol. The van der Waals surface area contributed by atoms with Gasteiger partial charge in [-0.15, -0.1) is 11.3 Å². The Morgan fingerprint density at radius 1 is 1.32 bits per heavy atom. The van der Waals surface area contributed by atoms with Crippen molar-refractivity contribution in [2.45, 2.75) is 45.9 Å². The minimum absolute atomic E-state index is 0.00243. The number of nitrogens with zero attached hydrogens (tertiary/aromatic N) is 4. The zero-order chi connectivity index (χ0) is 29.3. The molecule has 220 valence electrons. The molecule has 41 heavy (non-hydrogen) atoms. The van der Waals surface area contributed by atoms with Gasteiger partial charge in [-0.1, -0.05) is 12.1 Å². The summed E-state index contributed by atoms with van der Waals surface area (Å²) in [6.07, 6.45) is 1.60. The molecule has 0 amide bonds. The number of carboxylic acid groups (broad SMARTS) is 1. The SMILES string of the molecule is CCOC(=O)C1=C(CN2CCOC3CN(CC(C)(C)C(=O)O)CC32)NC(c2nccs2)=NC1c1cccc(F)c1C. The molecule has 2 aromatic rings. The van der Waals surface area contributed by atoms with Gasteiger partial charge in [0.05, 0.1) is 36.3 Å². The van der Waals surface area contributed by atoms with Crippen LogP contribution in [-0.2, 0) is 19.1 Å². The second kappa shape index (κ2) is 12.0. The van der Waals surface area contributed by atoms with Crippen molar-refractivity contribution < 1.29 is 28.6 Å². The lowest BCUT2D eigenvalue weighted by molar-refractivity contribution is -0.148. The number of morpholine rings is 1. The van der Waals surface area contributed by atoms with E-state index >= 15 is 0 Å². The molecule has 3 aliphatic rings. The van der Waals surface area contributed by atoms with Crippen molar-refractivity contribution in [3.8, 4) is 0 Å². The van der Waals surface area contributed by atoms with Crippen LogP contribution in [0.15, 0.2) is 46.0 Å². The van der Waals surface area contributed by atoms with Crippen LogP contribution in [-0.4, -0.2) is 95.7 Å².